The molecule has 2 saturated heterocycles. The zero-order chi connectivity index (χ0) is 23.7. The van der Waals surface area contributed by atoms with E-state index in [2.05, 4.69) is 9.72 Å². The number of anilines is 1. The van der Waals surface area contributed by atoms with E-state index in [1.807, 2.05) is 0 Å². The summed E-state index contributed by atoms with van der Waals surface area (Å²) in [5, 5.41) is -0.227. The van der Waals surface area contributed by atoms with Crippen LogP contribution in [0.4, 0.5) is 23.7 Å². The molecule has 174 valence electrons. The zero-order valence-corrected chi connectivity index (χ0v) is 17.8. The Morgan fingerprint density at radius 2 is 1.84 bits per heavy atom. The Hall–Kier alpha value is -2.61. The van der Waals surface area contributed by atoms with Crippen molar-refractivity contribution >= 4 is 33.4 Å². The molecular formula is C18H18ClF3N4O5S. The molecule has 0 unspecified atom stereocenters. The number of nitrogens with two attached hydrogens (primary N) is 1. The summed E-state index contributed by atoms with van der Waals surface area (Å²) < 4.78 is 69.6. The van der Waals surface area contributed by atoms with Crippen LogP contribution in [0.2, 0.25) is 5.15 Å². The second-order valence-corrected chi connectivity index (χ2v) is 8.75. The number of fused-ring (bicyclic) bond motifs is 1. The lowest BCUT2D eigenvalue weighted by molar-refractivity contribution is -0.274. The van der Waals surface area contributed by atoms with E-state index >= 15 is 0 Å². The van der Waals surface area contributed by atoms with Crippen molar-refractivity contribution in [1.29, 1.82) is 0 Å². The van der Waals surface area contributed by atoms with Crippen molar-refractivity contribution in [3.05, 3.63) is 47.7 Å². The van der Waals surface area contributed by atoms with Crippen molar-refractivity contribution in [2.24, 2.45) is 5.73 Å². The number of amides is 2. The Bertz CT molecular complexity index is 1080. The van der Waals surface area contributed by atoms with Gasteiger partial charge in [0.05, 0.1) is 6.04 Å². The van der Waals surface area contributed by atoms with Crippen LogP contribution in [-0.4, -0.2) is 60.4 Å². The topological polar surface area (TPSA) is 126 Å². The summed E-state index contributed by atoms with van der Waals surface area (Å²) in [6, 6.07) is 7.76. The molecule has 3 N–H and O–H groups in total. The first kappa shape index (κ1) is 24.0. The van der Waals surface area contributed by atoms with Crippen molar-refractivity contribution in [2.45, 2.75) is 29.8 Å². The summed E-state index contributed by atoms with van der Waals surface area (Å²) in [5.74, 6) is -0.305. The Balaban J connectivity index is 0.000000222. The van der Waals surface area contributed by atoms with E-state index in [0.29, 0.717) is 18.8 Å². The highest BCUT2D eigenvalue weighted by molar-refractivity contribution is 7.86. The Labute approximate surface area is 186 Å². The molecule has 2 aromatic rings. The van der Waals surface area contributed by atoms with Crippen molar-refractivity contribution in [3.63, 3.8) is 0 Å². The molecule has 1 aromatic heterocycles. The second-order valence-electron chi connectivity index (χ2n) is 7.00. The number of ether oxygens (including phenoxy) is 1. The normalized spacial score (nSPS) is 20.6. The summed E-state index contributed by atoms with van der Waals surface area (Å²) in [5.41, 5.74) is 6.37. The molecule has 2 atom stereocenters. The lowest BCUT2D eigenvalue weighted by Gasteiger charge is -2.18. The summed E-state index contributed by atoms with van der Waals surface area (Å²) in [4.78, 5) is 18.6. The van der Waals surface area contributed by atoms with Crippen LogP contribution >= 0.6 is 11.6 Å². The molecule has 14 heteroatoms. The number of alkyl halides is 3. The van der Waals surface area contributed by atoms with E-state index in [1.54, 1.807) is 9.80 Å². The molecule has 0 bridgehead atoms. The van der Waals surface area contributed by atoms with Gasteiger partial charge in [0.2, 0.25) is 0 Å². The fraction of sp³-hybridized carbons (Fsp3) is 0.333. The van der Waals surface area contributed by atoms with E-state index in [0.717, 1.165) is 6.42 Å². The molecule has 9 nitrogen and oxygen atoms in total. The average molecular weight is 495 g/mol. The maximum absolute atomic E-state index is 12.2. The molecule has 2 aliphatic heterocycles. The highest BCUT2D eigenvalue weighted by atomic mass is 35.5. The number of halogens is 4. The van der Waals surface area contributed by atoms with Gasteiger partial charge in [-0.15, -0.1) is 13.2 Å². The molecule has 1 aromatic carbocycles. The molecule has 0 saturated carbocycles. The number of nitrogens with zero attached hydrogens (tertiary/aromatic N) is 3. The number of benzene rings is 1. The third-order valence-electron chi connectivity index (χ3n) is 4.70. The highest BCUT2D eigenvalue weighted by Gasteiger charge is 2.43. The van der Waals surface area contributed by atoms with Crippen molar-refractivity contribution in [1.82, 2.24) is 9.88 Å². The molecule has 2 amide bonds. The Kier molecular flexibility index (Phi) is 6.83. The molecule has 4 rings (SSSR count). The molecule has 0 aliphatic carbocycles. The van der Waals surface area contributed by atoms with Gasteiger partial charge in [-0.05, 0) is 42.8 Å². The third-order valence-corrected chi connectivity index (χ3v) is 6.00. The number of aromatic nitrogens is 1. The summed E-state index contributed by atoms with van der Waals surface area (Å²) in [6.07, 6.45) is -2.64. The maximum Gasteiger partial charge on any atom is 0.573 e. The van der Waals surface area contributed by atoms with Crippen molar-refractivity contribution < 1.29 is 35.7 Å². The van der Waals surface area contributed by atoms with E-state index < -0.39 is 16.5 Å². The lowest BCUT2D eigenvalue weighted by Crippen LogP contribution is -2.35. The minimum atomic E-state index is -4.72. The second kappa shape index (κ2) is 9.10. The largest absolute Gasteiger partial charge is 0.573 e. The van der Waals surface area contributed by atoms with Crippen LogP contribution in [0.15, 0.2) is 47.5 Å². The van der Waals surface area contributed by atoms with Gasteiger partial charge in [-0.25, -0.2) is 9.78 Å². The van der Waals surface area contributed by atoms with Gasteiger partial charge in [0.25, 0.3) is 10.1 Å². The van der Waals surface area contributed by atoms with Crippen molar-refractivity contribution in [3.8, 4) is 5.75 Å². The molecule has 3 heterocycles. The fourth-order valence-corrected chi connectivity index (χ4v) is 4.34. The van der Waals surface area contributed by atoms with Crippen LogP contribution in [0.25, 0.3) is 0 Å². The maximum atomic E-state index is 12.2. The molecule has 32 heavy (non-hydrogen) atoms. The number of urea groups is 1. The minimum absolute atomic E-state index is 0.00339. The quantitative estimate of drug-likeness (QED) is 0.496. The van der Waals surface area contributed by atoms with Crippen LogP contribution in [0, 0.1) is 0 Å². The van der Waals surface area contributed by atoms with Crippen LogP contribution < -0.4 is 15.4 Å². The highest BCUT2D eigenvalue weighted by Crippen LogP contribution is 2.31. The van der Waals surface area contributed by atoms with E-state index in [9.17, 15) is 26.4 Å². The van der Waals surface area contributed by atoms with E-state index in [4.69, 9.17) is 21.9 Å². The summed E-state index contributed by atoms with van der Waals surface area (Å²) in [6.45, 7) is 1.03. The van der Waals surface area contributed by atoms with Gasteiger partial charge in [-0.1, -0.05) is 11.6 Å². The molecule has 2 aliphatic rings. The van der Waals surface area contributed by atoms with Crippen LogP contribution in [0.3, 0.4) is 0 Å². The Morgan fingerprint density at radius 1 is 1.19 bits per heavy atom. The van der Waals surface area contributed by atoms with Crippen LogP contribution in [0.5, 0.6) is 5.75 Å². The SMILES string of the molecule is N[C@@H]1C[C@H]2CN(c3ccc(OC(F)(F)F)cc3)C(=O)N2C1.O=S(=O)(O)c1cccnc1Cl. The zero-order valence-electron chi connectivity index (χ0n) is 16.2. The number of pyridine rings is 1. The summed E-state index contributed by atoms with van der Waals surface area (Å²) in [7, 11) is -4.23. The van der Waals surface area contributed by atoms with E-state index in [-0.39, 0.29) is 33.9 Å². The predicted octanol–water partition coefficient (Wildman–Crippen LogP) is 2.91. The lowest BCUT2D eigenvalue weighted by atomic mass is 10.2. The third kappa shape index (κ3) is 5.79. The average Bonchev–Trinajstić information content (AvgIpc) is 3.18. The van der Waals surface area contributed by atoms with Gasteiger partial charge < -0.3 is 15.4 Å². The predicted molar refractivity (Wildman–Crippen MR) is 108 cm³/mol. The first-order chi connectivity index (χ1) is 14.8. The number of carbonyl (C=O) groups excluding carboxylic acids is 1. The number of carbonyl (C=O) groups is 1. The van der Waals surface area contributed by atoms with Gasteiger partial charge in [-0.2, -0.15) is 8.42 Å². The van der Waals surface area contributed by atoms with Gasteiger partial charge in [-0.3, -0.25) is 9.45 Å². The van der Waals surface area contributed by atoms with Gasteiger partial charge in [0, 0.05) is 31.0 Å². The monoisotopic (exact) mass is 494 g/mol. The van der Waals surface area contributed by atoms with E-state index in [1.165, 1.54) is 42.6 Å². The fourth-order valence-electron chi connectivity index (χ4n) is 3.41. The smallest absolute Gasteiger partial charge is 0.406 e. The van der Waals surface area contributed by atoms with Gasteiger partial charge in [0.15, 0.2) is 0 Å². The molecule has 2 fully saturated rings. The van der Waals surface area contributed by atoms with Crippen molar-refractivity contribution in [2.75, 3.05) is 18.0 Å². The Morgan fingerprint density at radius 3 is 2.34 bits per heavy atom. The molecule has 0 radical (unpaired) electrons. The number of hydrogen-bond acceptors (Lipinski definition) is 6. The number of rotatable bonds is 3. The minimum Gasteiger partial charge on any atom is -0.406 e. The number of hydrogen-bond donors (Lipinski definition) is 2. The molecular weight excluding hydrogens is 477 g/mol. The van der Waals surface area contributed by atoms with Gasteiger partial charge in [0.1, 0.15) is 15.8 Å². The molecule has 0 spiro atoms. The standard InChI is InChI=1S/C13H14F3N3O2.C5H4ClNO3S/c14-13(15,16)21-11-3-1-9(2-4-11)19-7-10-5-8(17)6-18(10)12(19)20;6-5-4(11(8,9)10)2-1-3-7-5/h1-4,8,10H,5-7,17H2;1-3H,(H,8,9,10)/t8-,10+;/m1./s1. The first-order valence-electron chi connectivity index (χ1n) is 9.12. The summed E-state index contributed by atoms with van der Waals surface area (Å²) >= 11 is 5.36. The first-order valence-corrected chi connectivity index (χ1v) is 10.9. The van der Waals surface area contributed by atoms with Crippen LogP contribution in [-0.2, 0) is 10.1 Å². The van der Waals surface area contributed by atoms with Crippen LogP contribution in [0.1, 0.15) is 6.42 Å². The van der Waals surface area contributed by atoms with Gasteiger partial charge >= 0.3 is 12.4 Å².